The number of carbonyl (C=O) groups excluding carboxylic acids is 2. The molecule has 7 heteroatoms. The summed E-state index contributed by atoms with van der Waals surface area (Å²) in [6, 6.07) is 3.85. The van der Waals surface area contributed by atoms with Crippen molar-refractivity contribution in [1.29, 1.82) is 0 Å². The summed E-state index contributed by atoms with van der Waals surface area (Å²) in [6.45, 7) is 7.09. The summed E-state index contributed by atoms with van der Waals surface area (Å²) in [5, 5.41) is 3.12. The van der Waals surface area contributed by atoms with Gasteiger partial charge in [0.25, 0.3) is 5.91 Å². The molecule has 0 spiro atoms. The fourth-order valence-corrected chi connectivity index (χ4v) is 2.86. The monoisotopic (exact) mass is 355 g/mol. The Morgan fingerprint density at radius 1 is 1.33 bits per heavy atom. The molecule has 1 N–H and O–H groups in total. The number of nitrogens with one attached hydrogen (secondary N) is 1. The van der Waals surface area contributed by atoms with Gasteiger partial charge in [-0.25, -0.2) is 4.39 Å². The van der Waals surface area contributed by atoms with Gasteiger partial charge < -0.3 is 15.1 Å². The van der Waals surface area contributed by atoms with E-state index >= 15 is 0 Å². The molecule has 132 valence electrons. The molecule has 1 saturated heterocycles. The average Bonchev–Trinajstić information content (AvgIpc) is 2.57. The molecule has 1 aliphatic rings. The molecule has 0 saturated carbocycles. The summed E-state index contributed by atoms with van der Waals surface area (Å²) in [7, 11) is 0. The molecule has 0 radical (unpaired) electrons. The number of halogens is 2. The number of hydrogen-bond donors (Lipinski definition) is 1. The third-order valence-corrected chi connectivity index (χ3v) is 4.38. The van der Waals surface area contributed by atoms with Crippen molar-refractivity contribution in [2.75, 3.05) is 32.7 Å². The molecule has 0 unspecified atom stereocenters. The van der Waals surface area contributed by atoms with Gasteiger partial charge in [0.15, 0.2) is 0 Å². The lowest BCUT2D eigenvalue weighted by molar-refractivity contribution is -0.132. The number of amides is 2. The number of benzene rings is 1. The van der Waals surface area contributed by atoms with Crippen LogP contribution in [0.25, 0.3) is 0 Å². The van der Waals surface area contributed by atoms with E-state index in [-0.39, 0.29) is 29.3 Å². The summed E-state index contributed by atoms with van der Waals surface area (Å²) < 4.78 is 13.3. The quantitative estimate of drug-likeness (QED) is 0.880. The number of carbonyl (C=O) groups is 2. The Labute approximate surface area is 146 Å². The second-order valence-corrected chi connectivity index (χ2v) is 6.51. The first-order valence-corrected chi connectivity index (χ1v) is 8.52. The zero-order chi connectivity index (χ0) is 17.7. The lowest BCUT2D eigenvalue weighted by Gasteiger charge is -2.30. The van der Waals surface area contributed by atoms with Crippen LogP contribution in [0.3, 0.4) is 0 Å². The van der Waals surface area contributed by atoms with Crippen LogP contribution >= 0.6 is 11.6 Å². The SMILES string of the molecule is CC(C)N(CCC(=O)N1CCNCC1)C(=O)c1ccc(F)c(Cl)c1. The van der Waals surface area contributed by atoms with Crippen molar-refractivity contribution < 1.29 is 14.0 Å². The highest BCUT2D eigenvalue weighted by Crippen LogP contribution is 2.18. The van der Waals surface area contributed by atoms with Crippen LogP contribution in [0.1, 0.15) is 30.6 Å². The number of hydrogen-bond acceptors (Lipinski definition) is 3. The van der Waals surface area contributed by atoms with Crippen molar-refractivity contribution in [2.24, 2.45) is 0 Å². The maximum atomic E-state index is 13.3. The van der Waals surface area contributed by atoms with E-state index in [0.29, 0.717) is 25.2 Å². The normalized spacial score (nSPS) is 14.8. The molecule has 2 rings (SSSR count). The van der Waals surface area contributed by atoms with Gasteiger partial charge in [-0.15, -0.1) is 0 Å². The Kier molecular flexibility index (Phi) is 6.57. The van der Waals surface area contributed by atoms with Crippen LogP contribution in [0.2, 0.25) is 5.02 Å². The smallest absolute Gasteiger partial charge is 0.254 e. The average molecular weight is 356 g/mol. The molecule has 2 amide bonds. The van der Waals surface area contributed by atoms with Crippen molar-refractivity contribution in [3.05, 3.63) is 34.6 Å². The van der Waals surface area contributed by atoms with Crippen LogP contribution in [-0.4, -0.2) is 60.4 Å². The van der Waals surface area contributed by atoms with E-state index < -0.39 is 5.82 Å². The zero-order valence-electron chi connectivity index (χ0n) is 14.0. The molecule has 5 nitrogen and oxygen atoms in total. The summed E-state index contributed by atoms with van der Waals surface area (Å²) in [5.74, 6) is -0.759. The van der Waals surface area contributed by atoms with E-state index in [0.717, 1.165) is 13.1 Å². The van der Waals surface area contributed by atoms with E-state index in [1.54, 1.807) is 4.90 Å². The standard InChI is InChI=1S/C17H23ClFN3O2/c1-12(2)22(8-5-16(23)21-9-6-20-7-10-21)17(24)13-3-4-15(19)14(18)11-13/h3-4,11-12,20H,5-10H2,1-2H3. The van der Waals surface area contributed by atoms with Crippen LogP contribution in [0.5, 0.6) is 0 Å². The van der Waals surface area contributed by atoms with Gasteiger partial charge in [-0.1, -0.05) is 11.6 Å². The highest BCUT2D eigenvalue weighted by Gasteiger charge is 2.22. The lowest BCUT2D eigenvalue weighted by Crippen LogP contribution is -2.47. The first-order valence-electron chi connectivity index (χ1n) is 8.14. The predicted molar refractivity (Wildman–Crippen MR) is 91.6 cm³/mol. The van der Waals surface area contributed by atoms with Gasteiger partial charge in [0, 0.05) is 50.7 Å². The number of nitrogens with zero attached hydrogens (tertiary/aromatic N) is 2. The molecule has 0 bridgehead atoms. The van der Waals surface area contributed by atoms with Crippen LogP contribution in [0.15, 0.2) is 18.2 Å². The summed E-state index contributed by atoms with van der Waals surface area (Å²) in [6.07, 6.45) is 0.277. The molecule has 0 atom stereocenters. The lowest BCUT2D eigenvalue weighted by atomic mass is 10.1. The molecule has 0 aromatic heterocycles. The van der Waals surface area contributed by atoms with Gasteiger partial charge in [0.2, 0.25) is 5.91 Å². The summed E-state index contributed by atoms with van der Waals surface area (Å²) in [5.41, 5.74) is 0.324. The largest absolute Gasteiger partial charge is 0.340 e. The first kappa shape index (κ1) is 18.7. The summed E-state index contributed by atoms with van der Waals surface area (Å²) >= 11 is 5.76. The Bertz CT molecular complexity index is 603. The second kappa shape index (κ2) is 8.44. The van der Waals surface area contributed by atoms with Crippen molar-refractivity contribution in [2.45, 2.75) is 26.3 Å². The Balaban J connectivity index is 2.01. The van der Waals surface area contributed by atoms with Crippen molar-refractivity contribution in [3.8, 4) is 0 Å². The van der Waals surface area contributed by atoms with Crippen LogP contribution in [0.4, 0.5) is 4.39 Å². The third-order valence-electron chi connectivity index (χ3n) is 4.09. The second-order valence-electron chi connectivity index (χ2n) is 6.10. The Morgan fingerprint density at radius 2 is 2.00 bits per heavy atom. The van der Waals surface area contributed by atoms with Gasteiger partial charge in [0.1, 0.15) is 5.82 Å². The minimum absolute atomic E-state index is 0.0482. The van der Waals surface area contributed by atoms with E-state index in [1.807, 2.05) is 18.7 Å². The zero-order valence-corrected chi connectivity index (χ0v) is 14.8. The van der Waals surface area contributed by atoms with Crippen molar-refractivity contribution in [3.63, 3.8) is 0 Å². The maximum Gasteiger partial charge on any atom is 0.254 e. The van der Waals surface area contributed by atoms with Crippen LogP contribution in [-0.2, 0) is 4.79 Å². The summed E-state index contributed by atoms with van der Waals surface area (Å²) in [4.78, 5) is 28.3. The van der Waals surface area contributed by atoms with Gasteiger partial charge in [-0.2, -0.15) is 0 Å². The van der Waals surface area contributed by atoms with Crippen molar-refractivity contribution >= 4 is 23.4 Å². The van der Waals surface area contributed by atoms with E-state index in [9.17, 15) is 14.0 Å². The molecule has 24 heavy (non-hydrogen) atoms. The molecular weight excluding hydrogens is 333 g/mol. The Morgan fingerprint density at radius 3 is 2.58 bits per heavy atom. The molecule has 1 aromatic carbocycles. The van der Waals surface area contributed by atoms with Crippen LogP contribution < -0.4 is 5.32 Å². The van der Waals surface area contributed by atoms with Gasteiger partial charge in [-0.05, 0) is 32.0 Å². The van der Waals surface area contributed by atoms with Gasteiger partial charge >= 0.3 is 0 Å². The molecule has 0 aliphatic carbocycles. The number of piperazine rings is 1. The Hall–Kier alpha value is -1.66. The fourth-order valence-electron chi connectivity index (χ4n) is 2.68. The maximum absolute atomic E-state index is 13.3. The highest BCUT2D eigenvalue weighted by molar-refractivity contribution is 6.31. The molecule has 1 fully saturated rings. The van der Waals surface area contributed by atoms with E-state index in [2.05, 4.69) is 5.32 Å². The molecule has 1 heterocycles. The van der Waals surface area contributed by atoms with Crippen molar-refractivity contribution in [1.82, 2.24) is 15.1 Å². The molecule has 1 aromatic rings. The van der Waals surface area contributed by atoms with Crippen LogP contribution in [0, 0.1) is 5.82 Å². The first-order chi connectivity index (χ1) is 11.4. The topological polar surface area (TPSA) is 52.7 Å². The number of rotatable bonds is 5. The fraction of sp³-hybridized carbons (Fsp3) is 0.529. The van der Waals surface area contributed by atoms with Gasteiger partial charge in [-0.3, -0.25) is 9.59 Å². The minimum atomic E-state index is -0.557. The minimum Gasteiger partial charge on any atom is -0.340 e. The third kappa shape index (κ3) is 4.68. The van der Waals surface area contributed by atoms with E-state index in [1.165, 1.54) is 18.2 Å². The van der Waals surface area contributed by atoms with Gasteiger partial charge in [0.05, 0.1) is 5.02 Å². The molecule has 1 aliphatic heterocycles. The highest BCUT2D eigenvalue weighted by atomic mass is 35.5. The molecular formula is C17H23ClFN3O2. The van der Waals surface area contributed by atoms with E-state index in [4.69, 9.17) is 11.6 Å². The predicted octanol–water partition coefficient (Wildman–Crippen LogP) is 2.15.